The molecule has 6 rings (SSSR count). The molecular weight excluding hydrogens is 466 g/mol. The van der Waals surface area contributed by atoms with Crippen LogP contribution in [0.15, 0.2) is 47.3 Å². The molecule has 0 unspecified atom stereocenters. The van der Waals surface area contributed by atoms with Crippen molar-refractivity contribution in [3.8, 4) is 17.3 Å². The van der Waals surface area contributed by atoms with E-state index in [9.17, 15) is 22.4 Å². The third-order valence-electron chi connectivity index (χ3n) is 7.02. The number of ether oxygens (including phenoxy) is 1. The molecule has 3 fully saturated rings. The van der Waals surface area contributed by atoms with Gasteiger partial charge in [0.15, 0.2) is 6.29 Å². The monoisotopic (exact) mass is 489 g/mol. The summed E-state index contributed by atoms with van der Waals surface area (Å²) in [6.45, 7) is 1.24. The van der Waals surface area contributed by atoms with E-state index in [2.05, 4.69) is 9.97 Å². The highest BCUT2D eigenvalue weighted by molar-refractivity contribution is 5.94. The minimum absolute atomic E-state index is 0.0459. The molecule has 4 atom stereocenters. The second-order valence-corrected chi connectivity index (χ2v) is 8.95. The number of carbonyl (C=O) groups is 1. The van der Waals surface area contributed by atoms with Gasteiger partial charge in [-0.15, -0.1) is 0 Å². The Morgan fingerprint density at radius 2 is 2.03 bits per heavy atom. The molecule has 0 amide bonds. The summed E-state index contributed by atoms with van der Waals surface area (Å²) in [5.41, 5.74) is 1.39. The van der Waals surface area contributed by atoms with Crippen molar-refractivity contribution in [3.05, 3.63) is 59.6 Å². The molecule has 1 saturated carbocycles. The van der Waals surface area contributed by atoms with Crippen LogP contribution in [0.4, 0.5) is 23.2 Å². The molecule has 2 saturated heterocycles. The van der Waals surface area contributed by atoms with E-state index in [0.29, 0.717) is 35.5 Å². The number of anilines is 1. The van der Waals surface area contributed by atoms with Gasteiger partial charge in [0.2, 0.25) is 11.8 Å². The van der Waals surface area contributed by atoms with Gasteiger partial charge in [0.05, 0.1) is 35.0 Å². The van der Waals surface area contributed by atoms with Gasteiger partial charge in [0, 0.05) is 18.0 Å². The zero-order chi connectivity index (χ0) is 24.7. The molecule has 2 bridgehead atoms. The van der Waals surface area contributed by atoms with Crippen LogP contribution >= 0.6 is 0 Å². The minimum Gasteiger partial charge on any atom is -0.472 e. The third kappa shape index (κ3) is 4.15. The maximum absolute atomic E-state index is 14.4. The maximum Gasteiger partial charge on any atom is 0.417 e. The molecule has 1 aliphatic carbocycles. The van der Waals surface area contributed by atoms with Crippen molar-refractivity contribution in [2.24, 2.45) is 5.92 Å². The number of benzene rings is 1. The van der Waals surface area contributed by atoms with E-state index in [1.807, 2.05) is 17.9 Å². The van der Waals surface area contributed by atoms with E-state index in [0.717, 1.165) is 30.5 Å². The van der Waals surface area contributed by atoms with Gasteiger partial charge in [0.25, 0.3) is 0 Å². The first-order valence-corrected chi connectivity index (χ1v) is 11.3. The fourth-order valence-corrected chi connectivity index (χ4v) is 5.43. The fourth-order valence-electron chi connectivity index (χ4n) is 5.43. The van der Waals surface area contributed by atoms with Crippen molar-refractivity contribution in [1.29, 1.82) is 0 Å². The van der Waals surface area contributed by atoms with Crippen molar-refractivity contribution >= 4 is 12.0 Å². The minimum atomic E-state index is -4.49. The zero-order valence-electron chi connectivity index (χ0n) is 18.8. The Hall–Kier alpha value is -3.43. The molecular formula is C25H23F4N3O3. The SMILES string of the molecule is Cc1ccc(N2[C@H](CF)[C@@H]3CC[C@H]2[C@H](Oc2ccc(C(F)(F)F)cn2)C3)c(C=O)c1-c1ncco1. The molecule has 35 heavy (non-hydrogen) atoms. The summed E-state index contributed by atoms with van der Waals surface area (Å²) in [7, 11) is 0. The van der Waals surface area contributed by atoms with Crippen molar-refractivity contribution in [2.75, 3.05) is 11.6 Å². The van der Waals surface area contributed by atoms with Gasteiger partial charge in [-0.05, 0) is 49.8 Å². The lowest BCUT2D eigenvalue weighted by Gasteiger charge is -2.55. The van der Waals surface area contributed by atoms with Crippen LogP contribution in [0.3, 0.4) is 0 Å². The molecule has 10 heteroatoms. The van der Waals surface area contributed by atoms with Crippen molar-refractivity contribution in [1.82, 2.24) is 9.97 Å². The van der Waals surface area contributed by atoms with Crippen LogP contribution in [0.25, 0.3) is 11.5 Å². The first kappa shape index (κ1) is 23.3. The zero-order valence-corrected chi connectivity index (χ0v) is 18.8. The summed E-state index contributed by atoms with van der Waals surface area (Å²) < 4.78 is 64.5. The molecule has 3 aliphatic rings. The van der Waals surface area contributed by atoms with Gasteiger partial charge in [-0.3, -0.25) is 4.79 Å². The van der Waals surface area contributed by atoms with E-state index < -0.39 is 30.6 Å². The van der Waals surface area contributed by atoms with Crippen molar-refractivity contribution < 1.29 is 31.5 Å². The number of hydrogen-bond donors (Lipinski definition) is 0. The predicted octanol–water partition coefficient (Wildman–Crippen LogP) is 5.65. The van der Waals surface area contributed by atoms with Gasteiger partial charge in [-0.2, -0.15) is 13.2 Å². The number of alkyl halides is 4. The standard InChI is InChI=1S/C25H23F4N3O3/c1-14-2-5-18(17(13-33)23(14)24-30-8-9-34-24)32-19-6-3-15(20(32)11-26)10-21(19)35-22-7-4-16(12-31-22)25(27,28)29/h2,4-5,7-9,12-13,15,19-21H,3,6,10-11H2,1H3/t15-,19+,20-,21-/m1/s1. The third-order valence-corrected chi connectivity index (χ3v) is 7.02. The average molecular weight is 489 g/mol. The van der Waals surface area contributed by atoms with E-state index in [1.54, 1.807) is 6.07 Å². The number of piperidine rings is 2. The van der Waals surface area contributed by atoms with Gasteiger partial charge in [-0.25, -0.2) is 14.4 Å². The number of fused-ring (bicyclic) bond motifs is 3. The summed E-state index contributed by atoms with van der Waals surface area (Å²) in [6.07, 6.45) is 1.50. The average Bonchev–Trinajstić information content (AvgIpc) is 3.38. The van der Waals surface area contributed by atoms with Gasteiger partial charge in [-0.1, -0.05) is 6.07 Å². The smallest absolute Gasteiger partial charge is 0.417 e. The predicted molar refractivity (Wildman–Crippen MR) is 119 cm³/mol. The number of carbonyl (C=O) groups excluding carboxylic acids is 1. The highest BCUT2D eigenvalue weighted by Crippen LogP contribution is 2.46. The molecule has 2 aliphatic heterocycles. The largest absolute Gasteiger partial charge is 0.472 e. The Kier molecular flexibility index (Phi) is 5.98. The number of aromatic nitrogens is 2. The summed E-state index contributed by atoms with van der Waals surface area (Å²) in [6, 6.07) is 5.02. The molecule has 2 aromatic heterocycles. The Morgan fingerprint density at radius 1 is 1.20 bits per heavy atom. The number of halogens is 4. The molecule has 184 valence electrons. The van der Waals surface area contributed by atoms with Crippen LogP contribution in [0, 0.1) is 12.8 Å². The van der Waals surface area contributed by atoms with E-state index in [1.165, 1.54) is 18.5 Å². The molecule has 3 aromatic rings. The van der Waals surface area contributed by atoms with Gasteiger partial charge in [0.1, 0.15) is 19.0 Å². The second-order valence-electron chi connectivity index (χ2n) is 8.95. The van der Waals surface area contributed by atoms with Crippen LogP contribution < -0.4 is 9.64 Å². The molecule has 0 radical (unpaired) electrons. The quantitative estimate of drug-likeness (QED) is 0.329. The number of nitrogens with zero attached hydrogens (tertiary/aromatic N) is 3. The lowest BCUT2D eigenvalue weighted by atomic mass is 9.72. The second kappa shape index (κ2) is 8.98. The number of oxazole rings is 1. The van der Waals surface area contributed by atoms with E-state index in [4.69, 9.17) is 9.15 Å². The van der Waals surface area contributed by atoms with Crippen LogP contribution in [0.1, 0.15) is 40.7 Å². The van der Waals surface area contributed by atoms with Crippen LogP contribution in [0.2, 0.25) is 0 Å². The number of aldehydes is 1. The molecule has 0 spiro atoms. The number of rotatable bonds is 6. The van der Waals surface area contributed by atoms with Crippen LogP contribution in [-0.2, 0) is 6.18 Å². The van der Waals surface area contributed by atoms with Gasteiger partial charge >= 0.3 is 6.18 Å². The Morgan fingerprint density at radius 3 is 2.66 bits per heavy atom. The molecule has 4 heterocycles. The topological polar surface area (TPSA) is 68.5 Å². The van der Waals surface area contributed by atoms with Crippen molar-refractivity contribution in [3.63, 3.8) is 0 Å². The summed E-state index contributed by atoms with van der Waals surface area (Å²) in [4.78, 5) is 22.2. The van der Waals surface area contributed by atoms with E-state index in [-0.39, 0.29) is 17.8 Å². The van der Waals surface area contributed by atoms with Crippen molar-refractivity contribution in [2.45, 2.75) is 50.6 Å². The Balaban J connectivity index is 1.51. The van der Waals surface area contributed by atoms with Gasteiger partial charge < -0.3 is 14.1 Å². The molecule has 1 aromatic carbocycles. The lowest BCUT2D eigenvalue weighted by Crippen LogP contribution is -2.63. The maximum atomic E-state index is 14.4. The molecule has 0 N–H and O–H groups in total. The number of aryl methyl sites for hydroxylation is 1. The van der Waals surface area contributed by atoms with Crippen LogP contribution in [0.5, 0.6) is 5.88 Å². The summed E-state index contributed by atoms with van der Waals surface area (Å²) in [5.74, 6) is 0.329. The number of hydrogen-bond acceptors (Lipinski definition) is 6. The summed E-state index contributed by atoms with van der Waals surface area (Å²) >= 11 is 0. The highest BCUT2D eigenvalue weighted by atomic mass is 19.4. The Labute approximate surface area is 198 Å². The lowest BCUT2D eigenvalue weighted by molar-refractivity contribution is -0.137. The molecule has 6 nitrogen and oxygen atoms in total. The highest BCUT2D eigenvalue weighted by Gasteiger charge is 2.49. The van der Waals surface area contributed by atoms with Crippen LogP contribution in [-0.4, -0.2) is 41.1 Å². The normalized spacial score (nSPS) is 24.0. The summed E-state index contributed by atoms with van der Waals surface area (Å²) in [5, 5.41) is 0. The number of pyridine rings is 1. The first-order chi connectivity index (χ1) is 16.8. The fraction of sp³-hybridized carbons (Fsp3) is 0.400. The first-order valence-electron chi connectivity index (χ1n) is 11.3. The Bertz CT molecular complexity index is 1200. The van der Waals surface area contributed by atoms with E-state index >= 15 is 0 Å².